The van der Waals surface area contributed by atoms with E-state index in [9.17, 15) is 9.18 Å². The highest BCUT2D eigenvalue weighted by Crippen LogP contribution is 2.24. The third kappa shape index (κ3) is 5.15. The van der Waals surface area contributed by atoms with Gasteiger partial charge in [0.1, 0.15) is 17.3 Å². The second-order valence-corrected chi connectivity index (χ2v) is 5.16. The topological polar surface area (TPSA) is 59.6 Å². The Morgan fingerprint density at radius 1 is 1.04 bits per heavy atom. The summed E-state index contributed by atoms with van der Waals surface area (Å²) < 4.78 is 23.3. The first-order valence-corrected chi connectivity index (χ1v) is 7.59. The first kappa shape index (κ1) is 17.6. The van der Waals surface area contributed by atoms with Crippen molar-refractivity contribution in [3.63, 3.8) is 0 Å². The summed E-state index contributed by atoms with van der Waals surface area (Å²) in [4.78, 5) is 11.8. The third-order valence-electron chi connectivity index (χ3n) is 3.53. The second kappa shape index (κ2) is 8.76. The van der Waals surface area contributed by atoms with Crippen LogP contribution in [0.5, 0.6) is 11.5 Å². The predicted octanol–water partition coefficient (Wildman–Crippen LogP) is 2.88. The number of carbonyl (C=O) groups is 1. The molecule has 0 radical (unpaired) electrons. The molecule has 0 aliphatic carbocycles. The molecular weight excluding hydrogens is 311 g/mol. The fraction of sp³-hybridized carbons (Fsp3) is 0.278. The Bertz CT molecular complexity index is 674. The molecule has 2 aromatic rings. The largest absolute Gasteiger partial charge is 0.497 e. The molecule has 0 unspecified atom stereocenters. The van der Waals surface area contributed by atoms with Crippen LogP contribution < -0.4 is 20.1 Å². The van der Waals surface area contributed by atoms with Gasteiger partial charge in [0.2, 0.25) is 0 Å². The average molecular weight is 332 g/mol. The zero-order valence-electron chi connectivity index (χ0n) is 13.8. The third-order valence-corrected chi connectivity index (χ3v) is 3.53. The van der Waals surface area contributed by atoms with Crippen LogP contribution in [0.15, 0.2) is 42.5 Å². The summed E-state index contributed by atoms with van der Waals surface area (Å²) in [6.07, 6.45) is 0.615. The van der Waals surface area contributed by atoms with Gasteiger partial charge in [0.05, 0.1) is 14.2 Å². The molecule has 0 fully saturated rings. The van der Waals surface area contributed by atoms with Crippen molar-refractivity contribution in [1.29, 1.82) is 0 Å². The summed E-state index contributed by atoms with van der Waals surface area (Å²) in [5.41, 5.74) is 1.79. The zero-order chi connectivity index (χ0) is 17.4. The average Bonchev–Trinajstić information content (AvgIpc) is 2.61. The molecule has 2 rings (SSSR count). The normalized spacial score (nSPS) is 10.1. The molecule has 0 aliphatic rings. The van der Waals surface area contributed by atoms with Gasteiger partial charge in [-0.25, -0.2) is 9.18 Å². The quantitative estimate of drug-likeness (QED) is 0.820. The molecule has 0 heterocycles. The van der Waals surface area contributed by atoms with Crippen LogP contribution in [0.4, 0.5) is 9.18 Å². The van der Waals surface area contributed by atoms with Crippen molar-refractivity contribution >= 4 is 6.03 Å². The maximum Gasteiger partial charge on any atom is 0.315 e. The summed E-state index contributed by atoms with van der Waals surface area (Å²) in [6, 6.07) is 11.3. The molecule has 0 saturated carbocycles. The molecule has 2 N–H and O–H groups in total. The Kier molecular flexibility index (Phi) is 6.42. The molecule has 0 bridgehead atoms. The number of halogens is 1. The van der Waals surface area contributed by atoms with Crippen LogP contribution in [-0.2, 0) is 13.0 Å². The van der Waals surface area contributed by atoms with Crippen molar-refractivity contribution in [2.75, 3.05) is 20.8 Å². The SMILES string of the molecule is COc1ccc(OC)c(CCNC(=O)NCc2ccc(F)cc2)c1. The standard InChI is InChI=1S/C18H21FN2O3/c1-23-16-7-8-17(24-2)14(11-16)9-10-20-18(22)21-12-13-3-5-15(19)6-4-13/h3-8,11H,9-10,12H2,1-2H3,(H2,20,21,22). The Balaban J connectivity index is 1.79. The van der Waals surface area contributed by atoms with Crippen LogP contribution in [-0.4, -0.2) is 26.8 Å². The van der Waals surface area contributed by atoms with Crippen molar-refractivity contribution < 1.29 is 18.7 Å². The number of amides is 2. The minimum absolute atomic E-state index is 0.277. The molecule has 2 aromatic carbocycles. The van der Waals surface area contributed by atoms with Crippen LogP contribution in [0.2, 0.25) is 0 Å². The van der Waals surface area contributed by atoms with Gasteiger partial charge in [-0.1, -0.05) is 12.1 Å². The van der Waals surface area contributed by atoms with Gasteiger partial charge in [0, 0.05) is 13.1 Å². The van der Waals surface area contributed by atoms with Crippen LogP contribution >= 0.6 is 0 Å². The minimum atomic E-state index is -0.296. The molecule has 0 aromatic heterocycles. The van der Waals surface area contributed by atoms with Crippen LogP contribution in [0.3, 0.4) is 0 Å². The molecule has 0 aliphatic heterocycles. The van der Waals surface area contributed by atoms with Gasteiger partial charge in [0.25, 0.3) is 0 Å². The summed E-state index contributed by atoms with van der Waals surface area (Å²) in [6.45, 7) is 0.799. The summed E-state index contributed by atoms with van der Waals surface area (Å²) in [5, 5.41) is 5.51. The van der Waals surface area contributed by atoms with Gasteiger partial charge in [0.15, 0.2) is 0 Å². The van der Waals surface area contributed by atoms with Gasteiger partial charge >= 0.3 is 6.03 Å². The molecule has 2 amide bonds. The van der Waals surface area contributed by atoms with Crippen molar-refractivity contribution in [3.05, 3.63) is 59.4 Å². The van der Waals surface area contributed by atoms with Gasteiger partial charge in [-0.2, -0.15) is 0 Å². The number of nitrogens with one attached hydrogen (secondary N) is 2. The van der Waals surface area contributed by atoms with Gasteiger partial charge in [-0.15, -0.1) is 0 Å². The Labute approximate surface area is 140 Å². The summed E-state index contributed by atoms with van der Waals surface area (Å²) in [5.74, 6) is 1.20. The molecule has 0 saturated heterocycles. The molecule has 0 spiro atoms. The number of ether oxygens (including phenoxy) is 2. The van der Waals surface area contributed by atoms with Gasteiger partial charge < -0.3 is 20.1 Å². The highest BCUT2D eigenvalue weighted by atomic mass is 19.1. The number of hydrogen-bond acceptors (Lipinski definition) is 3. The van der Waals surface area contributed by atoms with Crippen molar-refractivity contribution in [3.8, 4) is 11.5 Å². The van der Waals surface area contributed by atoms with Crippen LogP contribution in [0, 0.1) is 5.82 Å². The predicted molar refractivity (Wildman–Crippen MR) is 89.9 cm³/mol. The first-order valence-electron chi connectivity index (χ1n) is 7.59. The van der Waals surface area contributed by atoms with Crippen LogP contribution in [0.1, 0.15) is 11.1 Å². The van der Waals surface area contributed by atoms with E-state index in [1.165, 1.54) is 12.1 Å². The van der Waals surface area contributed by atoms with E-state index in [0.29, 0.717) is 19.5 Å². The van der Waals surface area contributed by atoms with E-state index in [1.54, 1.807) is 26.4 Å². The van der Waals surface area contributed by atoms with Crippen LogP contribution in [0.25, 0.3) is 0 Å². The van der Waals surface area contributed by atoms with E-state index in [-0.39, 0.29) is 11.8 Å². The van der Waals surface area contributed by atoms with Crippen molar-refractivity contribution in [2.24, 2.45) is 0 Å². The van der Waals surface area contributed by atoms with E-state index in [2.05, 4.69) is 10.6 Å². The van der Waals surface area contributed by atoms with Crippen molar-refractivity contribution in [1.82, 2.24) is 10.6 Å². The molecule has 0 atom stereocenters. The van der Waals surface area contributed by atoms with Crippen molar-refractivity contribution in [2.45, 2.75) is 13.0 Å². The number of urea groups is 1. The number of methoxy groups -OCH3 is 2. The van der Waals surface area contributed by atoms with Gasteiger partial charge in [-0.3, -0.25) is 0 Å². The molecule has 24 heavy (non-hydrogen) atoms. The molecule has 5 nitrogen and oxygen atoms in total. The zero-order valence-corrected chi connectivity index (χ0v) is 13.8. The number of rotatable bonds is 7. The lowest BCUT2D eigenvalue weighted by Gasteiger charge is -2.11. The first-order chi connectivity index (χ1) is 11.6. The Hall–Kier alpha value is -2.76. The monoisotopic (exact) mass is 332 g/mol. The smallest absolute Gasteiger partial charge is 0.315 e. The lowest BCUT2D eigenvalue weighted by atomic mass is 10.1. The van der Waals surface area contributed by atoms with Gasteiger partial charge in [-0.05, 0) is 47.9 Å². The lowest BCUT2D eigenvalue weighted by molar-refractivity contribution is 0.240. The minimum Gasteiger partial charge on any atom is -0.497 e. The highest BCUT2D eigenvalue weighted by Gasteiger charge is 2.06. The maximum atomic E-state index is 12.8. The Morgan fingerprint density at radius 3 is 2.46 bits per heavy atom. The summed E-state index contributed by atoms with van der Waals surface area (Å²) in [7, 11) is 3.21. The highest BCUT2D eigenvalue weighted by molar-refractivity contribution is 5.73. The summed E-state index contributed by atoms with van der Waals surface area (Å²) >= 11 is 0. The number of benzene rings is 2. The molecule has 128 valence electrons. The fourth-order valence-corrected chi connectivity index (χ4v) is 2.24. The Morgan fingerprint density at radius 2 is 1.79 bits per heavy atom. The van der Waals surface area contributed by atoms with E-state index >= 15 is 0 Å². The number of hydrogen-bond donors (Lipinski definition) is 2. The fourth-order valence-electron chi connectivity index (χ4n) is 2.24. The maximum absolute atomic E-state index is 12.8. The van der Waals surface area contributed by atoms with E-state index < -0.39 is 0 Å². The molecular formula is C18H21FN2O3. The van der Waals surface area contributed by atoms with E-state index in [4.69, 9.17) is 9.47 Å². The number of carbonyl (C=O) groups excluding carboxylic acids is 1. The van der Waals surface area contributed by atoms with E-state index in [1.807, 2.05) is 18.2 Å². The lowest BCUT2D eigenvalue weighted by Crippen LogP contribution is -2.36. The second-order valence-electron chi connectivity index (χ2n) is 5.16. The molecule has 6 heteroatoms. The van der Waals surface area contributed by atoms with E-state index in [0.717, 1.165) is 22.6 Å².